The van der Waals surface area contributed by atoms with Gasteiger partial charge in [0.05, 0.1) is 46.6 Å². The average molecular weight is 893 g/mol. The molecule has 0 aliphatic carbocycles. The Morgan fingerprint density at radius 1 is 0.623 bits per heavy atom. The lowest BCUT2D eigenvalue weighted by molar-refractivity contribution is 0.112. The van der Waals surface area contributed by atoms with E-state index in [0.29, 0.717) is 32.0 Å². The van der Waals surface area contributed by atoms with E-state index in [1.54, 1.807) is 48.5 Å². The smallest absolute Gasteiger partial charge is 0.187 e. The van der Waals surface area contributed by atoms with Gasteiger partial charge in [0.15, 0.2) is 11.4 Å². The summed E-state index contributed by atoms with van der Waals surface area (Å²) in [5.41, 5.74) is 7.22. The summed E-state index contributed by atoms with van der Waals surface area (Å²) < 4.78 is 0. The third-order valence-corrected chi connectivity index (χ3v) is 11.4. The molecule has 2 heterocycles. The molecule has 2 saturated heterocycles. The first-order valence-electron chi connectivity index (χ1n) is 19.4. The third-order valence-electron chi connectivity index (χ3n) is 10.3. The van der Waals surface area contributed by atoms with Gasteiger partial charge in [-0.05, 0) is 65.2 Å². The molecule has 310 valence electrons. The molecule has 0 bridgehead atoms. The van der Waals surface area contributed by atoms with E-state index >= 15 is 0 Å². The van der Waals surface area contributed by atoms with Crippen LogP contribution in [-0.2, 0) is 6.54 Å². The predicted octanol–water partition coefficient (Wildman–Crippen LogP) is 12.2. The van der Waals surface area contributed by atoms with Crippen LogP contribution in [0.3, 0.4) is 0 Å². The molecular formula is C48H42Cl4N6O3. The van der Waals surface area contributed by atoms with Crippen molar-refractivity contribution < 1.29 is 15.0 Å². The number of rotatable bonds is 7. The molecule has 2 aliphatic heterocycles. The van der Waals surface area contributed by atoms with Gasteiger partial charge in [0, 0.05) is 73.6 Å². The van der Waals surface area contributed by atoms with Gasteiger partial charge in [-0.2, -0.15) is 0 Å². The molecule has 0 aromatic heterocycles. The van der Waals surface area contributed by atoms with E-state index in [-0.39, 0.29) is 23.6 Å². The maximum Gasteiger partial charge on any atom is 0.187 e. The number of benzene rings is 6. The molecule has 8 rings (SSSR count). The zero-order valence-corrected chi connectivity index (χ0v) is 36.0. The Bertz CT molecular complexity index is 2470. The highest BCUT2D eigenvalue weighted by molar-refractivity contribution is 6.34. The SMILES string of the molecule is Oc1ccc(N2CCNC[C@H]2c2ccc(Cl)cc2)c(Cl)c1.[C-]#[N+]c1ccc(C=O)cc1.[C-]#[N+]c1ccc(CN2CCN(c3ccc(O)cc3Cl)[C@H](c3ccc(Cl)cc3)C2)cc1. The summed E-state index contributed by atoms with van der Waals surface area (Å²) in [7, 11) is 0. The normalized spacial score (nSPS) is 16.2. The number of anilines is 2. The molecule has 2 atom stereocenters. The minimum Gasteiger partial charge on any atom is -0.508 e. The van der Waals surface area contributed by atoms with Gasteiger partial charge in [-0.3, -0.25) is 9.69 Å². The first-order valence-corrected chi connectivity index (χ1v) is 20.9. The van der Waals surface area contributed by atoms with Gasteiger partial charge in [-0.25, -0.2) is 9.69 Å². The van der Waals surface area contributed by atoms with Crippen molar-refractivity contribution in [3.63, 3.8) is 0 Å². The fraction of sp³-hybridized carbons (Fsp3) is 0.188. The number of phenols is 2. The monoisotopic (exact) mass is 890 g/mol. The molecule has 0 radical (unpaired) electrons. The maximum atomic E-state index is 10.1. The average Bonchev–Trinajstić information content (AvgIpc) is 3.28. The Labute approximate surface area is 376 Å². The number of carbonyl (C=O) groups is 1. The largest absolute Gasteiger partial charge is 0.508 e. The molecule has 0 spiro atoms. The van der Waals surface area contributed by atoms with Crippen molar-refractivity contribution in [1.29, 1.82) is 0 Å². The number of aldehydes is 1. The second-order valence-corrected chi connectivity index (χ2v) is 16.0. The van der Waals surface area contributed by atoms with Crippen molar-refractivity contribution >= 4 is 75.4 Å². The highest BCUT2D eigenvalue weighted by Gasteiger charge is 2.30. The summed E-state index contributed by atoms with van der Waals surface area (Å²) in [6.07, 6.45) is 0.758. The lowest BCUT2D eigenvalue weighted by Gasteiger charge is -2.43. The summed E-state index contributed by atoms with van der Waals surface area (Å²) in [6.45, 7) is 19.7. The van der Waals surface area contributed by atoms with Gasteiger partial charge in [0.25, 0.3) is 0 Å². The molecule has 3 N–H and O–H groups in total. The second-order valence-electron chi connectivity index (χ2n) is 14.3. The van der Waals surface area contributed by atoms with Crippen LogP contribution in [0.5, 0.6) is 11.5 Å². The standard InChI is InChI=1S/C24H21Cl2N3O.C16H16Cl2N2O.C8H5NO/c1-27-20-8-2-17(3-9-20)15-28-12-13-29(23-11-10-21(30)14-22(23)26)24(16-28)18-4-6-19(25)7-5-18;17-12-3-1-11(2-4-12)16-10-19-7-8-20(16)15-6-5-13(21)9-14(15)18;1-9-8-4-2-7(6-10)3-5-8/h2-11,14,24,30H,12-13,15-16H2;1-6,9,16,19,21H,7-8,10H2;2-6H/t24-;16-;/m00./s1. The molecule has 0 amide bonds. The van der Waals surface area contributed by atoms with E-state index < -0.39 is 0 Å². The predicted molar refractivity (Wildman–Crippen MR) is 248 cm³/mol. The zero-order valence-electron chi connectivity index (χ0n) is 32.9. The van der Waals surface area contributed by atoms with Crippen LogP contribution in [0.2, 0.25) is 20.1 Å². The fourth-order valence-electron chi connectivity index (χ4n) is 7.24. The first-order chi connectivity index (χ1) is 29.5. The highest BCUT2D eigenvalue weighted by atomic mass is 35.5. The highest BCUT2D eigenvalue weighted by Crippen LogP contribution is 2.38. The maximum absolute atomic E-state index is 10.1. The Morgan fingerprint density at radius 3 is 1.61 bits per heavy atom. The van der Waals surface area contributed by atoms with Gasteiger partial charge in [0.2, 0.25) is 0 Å². The van der Waals surface area contributed by atoms with Crippen LogP contribution in [0.15, 0.2) is 133 Å². The molecule has 2 aliphatic rings. The number of hydrogen-bond acceptors (Lipinski definition) is 7. The Balaban J connectivity index is 0.000000173. The number of nitrogens with one attached hydrogen (secondary N) is 1. The van der Waals surface area contributed by atoms with E-state index in [2.05, 4.69) is 41.8 Å². The number of phenolic OH excluding ortho intramolecular Hbond substituents is 2. The number of carbonyl (C=O) groups excluding carboxylic acids is 1. The quantitative estimate of drug-likeness (QED) is 0.109. The molecule has 0 unspecified atom stereocenters. The number of nitrogens with zero attached hydrogens (tertiary/aromatic N) is 5. The molecule has 13 heteroatoms. The number of piperazine rings is 2. The van der Waals surface area contributed by atoms with Crippen molar-refractivity contribution in [2.24, 2.45) is 0 Å². The summed E-state index contributed by atoms with van der Waals surface area (Å²) in [6, 6.07) is 40.6. The Kier molecular flexibility index (Phi) is 15.9. The number of hydrogen-bond donors (Lipinski definition) is 3. The summed E-state index contributed by atoms with van der Waals surface area (Å²) in [5.74, 6) is 0.343. The molecule has 2 fully saturated rings. The number of halogens is 4. The van der Waals surface area contributed by atoms with Crippen molar-refractivity contribution in [3.8, 4) is 11.5 Å². The van der Waals surface area contributed by atoms with Crippen LogP contribution in [-0.4, -0.2) is 60.7 Å². The molecule has 9 nitrogen and oxygen atoms in total. The van der Waals surface area contributed by atoms with Gasteiger partial charge in [-0.15, -0.1) is 0 Å². The molecule has 6 aromatic carbocycles. The Morgan fingerprint density at radius 2 is 1.11 bits per heavy atom. The van der Waals surface area contributed by atoms with Gasteiger partial charge in [0.1, 0.15) is 17.8 Å². The van der Waals surface area contributed by atoms with E-state index in [0.717, 1.165) is 74.1 Å². The lowest BCUT2D eigenvalue weighted by Crippen LogP contribution is -2.48. The van der Waals surface area contributed by atoms with Crippen molar-refractivity contribution in [3.05, 3.63) is 199 Å². The summed E-state index contributed by atoms with van der Waals surface area (Å²) >= 11 is 24.9. The fourth-order valence-corrected chi connectivity index (χ4v) is 8.05. The van der Waals surface area contributed by atoms with E-state index in [1.165, 1.54) is 11.1 Å². The third kappa shape index (κ3) is 12.2. The minimum atomic E-state index is 0.0978. The first kappa shape index (κ1) is 44.8. The Hall–Kier alpha value is -5.75. The molecular weight excluding hydrogens is 850 g/mol. The van der Waals surface area contributed by atoms with Crippen molar-refractivity contribution in [2.45, 2.75) is 18.6 Å². The van der Waals surface area contributed by atoms with Crippen LogP contribution in [0.4, 0.5) is 22.7 Å². The van der Waals surface area contributed by atoms with E-state index in [4.69, 9.17) is 59.5 Å². The summed E-state index contributed by atoms with van der Waals surface area (Å²) in [5, 5.41) is 25.2. The zero-order chi connectivity index (χ0) is 43.3. The number of aromatic hydroxyl groups is 2. The molecule has 6 aromatic rings. The topological polar surface area (TPSA) is 88.0 Å². The minimum absolute atomic E-state index is 0.0978. The second kappa shape index (κ2) is 21.7. The lowest BCUT2D eigenvalue weighted by atomic mass is 10.0. The van der Waals surface area contributed by atoms with Gasteiger partial charge in [-0.1, -0.05) is 119 Å². The van der Waals surface area contributed by atoms with Gasteiger partial charge >= 0.3 is 0 Å². The van der Waals surface area contributed by atoms with Crippen LogP contribution in [0.25, 0.3) is 9.69 Å². The van der Waals surface area contributed by atoms with Crippen molar-refractivity contribution in [2.75, 3.05) is 49.1 Å². The van der Waals surface area contributed by atoms with Gasteiger partial charge < -0.3 is 25.3 Å². The molecule has 0 saturated carbocycles. The van der Waals surface area contributed by atoms with Crippen LogP contribution in [0.1, 0.15) is 39.1 Å². The van der Waals surface area contributed by atoms with Crippen molar-refractivity contribution in [1.82, 2.24) is 10.2 Å². The molecule has 61 heavy (non-hydrogen) atoms. The van der Waals surface area contributed by atoms with Crippen LogP contribution < -0.4 is 15.1 Å². The summed E-state index contributed by atoms with van der Waals surface area (Å²) in [4.78, 5) is 23.7. The van der Waals surface area contributed by atoms with Crippen LogP contribution >= 0.6 is 46.4 Å². The van der Waals surface area contributed by atoms with E-state index in [9.17, 15) is 15.0 Å². The van der Waals surface area contributed by atoms with Crippen LogP contribution in [0, 0.1) is 13.1 Å². The van der Waals surface area contributed by atoms with E-state index in [1.807, 2.05) is 72.8 Å².